The summed E-state index contributed by atoms with van der Waals surface area (Å²) in [7, 11) is -3.66. The van der Waals surface area contributed by atoms with Crippen LogP contribution in [0.3, 0.4) is 0 Å². The lowest BCUT2D eigenvalue weighted by molar-refractivity contribution is -0.146. The predicted octanol–water partition coefficient (Wildman–Crippen LogP) is 2.34. The zero-order valence-electron chi connectivity index (χ0n) is 11.8. The van der Waals surface area contributed by atoms with Gasteiger partial charge < -0.3 is 9.47 Å². The number of hydrogen-bond donors (Lipinski definition) is 0. The molecule has 19 heavy (non-hydrogen) atoms. The minimum absolute atomic E-state index is 0.197. The monoisotopic (exact) mass is 292 g/mol. The van der Waals surface area contributed by atoms with Crippen LogP contribution in [0.4, 0.5) is 0 Å². The van der Waals surface area contributed by atoms with Crippen LogP contribution >= 0.6 is 7.82 Å². The van der Waals surface area contributed by atoms with E-state index in [1.165, 1.54) is 0 Å². The number of rotatable bonds is 7. The highest BCUT2D eigenvalue weighted by Gasteiger charge is 2.41. The molecule has 1 rings (SSSR count). The summed E-state index contributed by atoms with van der Waals surface area (Å²) < 4.78 is 38.6. The largest absolute Gasteiger partial charge is 0.476 e. The standard InChI is InChI=1S/C12H21O6P/c1-6-10(11-9-14-12(4,5)17-11)18-19(13,15-7-2)16-8-3/h1,10-11H,7-9H2,2-5H3/t10-,11-/m1/s1. The van der Waals surface area contributed by atoms with Crippen molar-refractivity contribution in [2.45, 2.75) is 45.7 Å². The Kier molecular flexibility index (Phi) is 6.00. The summed E-state index contributed by atoms with van der Waals surface area (Å²) in [6.45, 7) is 7.58. The second-order valence-electron chi connectivity index (χ2n) is 4.34. The van der Waals surface area contributed by atoms with Gasteiger partial charge in [0.15, 0.2) is 11.9 Å². The molecule has 0 aromatic carbocycles. The van der Waals surface area contributed by atoms with Gasteiger partial charge in [0.2, 0.25) is 0 Å². The summed E-state index contributed by atoms with van der Waals surface area (Å²) in [6.07, 6.45) is 4.04. The van der Waals surface area contributed by atoms with Crippen LogP contribution < -0.4 is 0 Å². The van der Waals surface area contributed by atoms with Gasteiger partial charge in [-0.3, -0.25) is 13.6 Å². The van der Waals surface area contributed by atoms with Gasteiger partial charge >= 0.3 is 7.82 Å². The van der Waals surface area contributed by atoms with Gasteiger partial charge in [-0.05, 0) is 27.7 Å². The molecule has 0 radical (unpaired) electrons. The van der Waals surface area contributed by atoms with Crippen molar-refractivity contribution in [1.82, 2.24) is 0 Å². The van der Waals surface area contributed by atoms with E-state index in [0.29, 0.717) is 0 Å². The third kappa shape index (κ3) is 4.88. The molecular weight excluding hydrogens is 271 g/mol. The molecule has 0 spiro atoms. The van der Waals surface area contributed by atoms with E-state index < -0.39 is 25.8 Å². The first-order chi connectivity index (χ1) is 8.86. The minimum Gasteiger partial charge on any atom is -0.348 e. The topological polar surface area (TPSA) is 63.2 Å². The van der Waals surface area contributed by atoms with Gasteiger partial charge in [-0.25, -0.2) is 4.57 Å². The smallest absolute Gasteiger partial charge is 0.348 e. The second kappa shape index (κ2) is 6.85. The fourth-order valence-corrected chi connectivity index (χ4v) is 2.93. The summed E-state index contributed by atoms with van der Waals surface area (Å²) in [5, 5.41) is 0. The number of hydrogen-bond acceptors (Lipinski definition) is 6. The van der Waals surface area contributed by atoms with E-state index in [1.54, 1.807) is 27.7 Å². The molecule has 0 aromatic heterocycles. The average Bonchev–Trinajstić information content (AvgIpc) is 2.67. The molecule has 0 N–H and O–H groups in total. The van der Waals surface area contributed by atoms with Crippen LogP contribution in [0.2, 0.25) is 0 Å². The Labute approximate surface area is 114 Å². The molecule has 1 saturated heterocycles. The van der Waals surface area contributed by atoms with Crippen molar-refractivity contribution in [3.63, 3.8) is 0 Å². The van der Waals surface area contributed by atoms with Crippen LogP contribution in [-0.4, -0.2) is 37.8 Å². The van der Waals surface area contributed by atoms with E-state index in [2.05, 4.69) is 5.92 Å². The van der Waals surface area contributed by atoms with Crippen LogP contribution in [-0.2, 0) is 27.6 Å². The van der Waals surface area contributed by atoms with Crippen molar-refractivity contribution in [2.24, 2.45) is 0 Å². The zero-order valence-corrected chi connectivity index (χ0v) is 12.6. The van der Waals surface area contributed by atoms with Crippen molar-refractivity contribution in [2.75, 3.05) is 19.8 Å². The maximum absolute atomic E-state index is 12.2. The summed E-state index contributed by atoms with van der Waals surface area (Å²) in [5.74, 6) is 1.66. The maximum atomic E-state index is 12.2. The van der Waals surface area contributed by atoms with Crippen molar-refractivity contribution in [3.8, 4) is 12.3 Å². The first-order valence-electron chi connectivity index (χ1n) is 6.21. The molecule has 0 unspecified atom stereocenters. The third-order valence-corrected chi connectivity index (χ3v) is 3.98. The average molecular weight is 292 g/mol. The van der Waals surface area contributed by atoms with E-state index in [9.17, 15) is 4.57 Å². The molecule has 1 fully saturated rings. The van der Waals surface area contributed by atoms with E-state index in [1.807, 2.05) is 0 Å². The van der Waals surface area contributed by atoms with E-state index in [4.69, 9.17) is 29.5 Å². The SMILES string of the molecule is C#C[C@@H](OP(=O)(OCC)OCC)[C@H]1COC(C)(C)O1. The van der Waals surface area contributed by atoms with Gasteiger partial charge in [-0.1, -0.05) is 5.92 Å². The fraction of sp³-hybridized carbons (Fsp3) is 0.833. The molecule has 110 valence electrons. The zero-order chi connectivity index (χ0) is 14.5. The number of terminal acetylenes is 1. The van der Waals surface area contributed by atoms with Crippen LogP contribution in [0.25, 0.3) is 0 Å². The highest BCUT2D eigenvalue weighted by molar-refractivity contribution is 7.48. The Morgan fingerprint density at radius 2 is 2.00 bits per heavy atom. The number of ether oxygens (including phenoxy) is 2. The summed E-state index contributed by atoms with van der Waals surface area (Å²) >= 11 is 0. The van der Waals surface area contributed by atoms with Gasteiger partial charge in [0.25, 0.3) is 0 Å². The summed E-state index contributed by atoms with van der Waals surface area (Å²) in [6, 6.07) is 0. The molecule has 1 aliphatic heterocycles. The highest BCUT2D eigenvalue weighted by Crippen LogP contribution is 2.51. The van der Waals surface area contributed by atoms with Crippen molar-refractivity contribution in [1.29, 1.82) is 0 Å². The third-order valence-electron chi connectivity index (χ3n) is 2.35. The van der Waals surface area contributed by atoms with Gasteiger partial charge in [-0.15, -0.1) is 6.42 Å². The van der Waals surface area contributed by atoms with Crippen LogP contribution in [0, 0.1) is 12.3 Å². The predicted molar refractivity (Wildman–Crippen MR) is 69.5 cm³/mol. The fourth-order valence-electron chi connectivity index (χ4n) is 1.62. The number of phosphoric ester groups is 1. The maximum Gasteiger partial charge on any atom is 0.476 e. The Hall–Kier alpha value is -0.410. The molecule has 0 aromatic rings. The van der Waals surface area contributed by atoms with Gasteiger partial charge in [0, 0.05) is 0 Å². The first-order valence-corrected chi connectivity index (χ1v) is 7.67. The molecule has 0 saturated carbocycles. The lowest BCUT2D eigenvalue weighted by Crippen LogP contribution is -2.31. The van der Waals surface area contributed by atoms with Gasteiger partial charge in [-0.2, -0.15) is 0 Å². The van der Waals surface area contributed by atoms with E-state index >= 15 is 0 Å². The molecule has 0 amide bonds. The van der Waals surface area contributed by atoms with Gasteiger partial charge in [0.05, 0.1) is 19.8 Å². The number of phosphoric acid groups is 1. The van der Waals surface area contributed by atoms with Crippen LogP contribution in [0.15, 0.2) is 0 Å². The molecule has 0 bridgehead atoms. The molecule has 1 aliphatic rings. The Morgan fingerprint density at radius 1 is 1.42 bits per heavy atom. The van der Waals surface area contributed by atoms with Crippen molar-refractivity contribution in [3.05, 3.63) is 0 Å². The van der Waals surface area contributed by atoms with Crippen molar-refractivity contribution < 1.29 is 27.6 Å². The Bertz CT molecular complexity index is 365. The first kappa shape index (κ1) is 16.6. The molecule has 2 atom stereocenters. The summed E-state index contributed by atoms with van der Waals surface area (Å²) in [4.78, 5) is 0. The quantitative estimate of drug-likeness (QED) is 0.530. The van der Waals surface area contributed by atoms with Crippen molar-refractivity contribution >= 4 is 7.82 Å². The molecular formula is C12H21O6P. The van der Waals surface area contributed by atoms with Crippen LogP contribution in [0.1, 0.15) is 27.7 Å². The molecule has 0 aliphatic carbocycles. The Balaban J connectivity index is 2.71. The normalized spacial score (nSPS) is 24.1. The van der Waals surface area contributed by atoms with Gasteiger partial charge in [0.1, 0.15) is 6.10 Å². The molecule has 6 nitrogen and oxygen atoms in total. The molecule has 1 heterocycles. The Morgan fingerprint density at radius 3 is 2.37 bits per heavy atom. The van der Waals surface area contributed by atoms with E-state index in [0.717, 1.165) is 0 Å². The lowest BCUT2D eigenvalue weighted by atomic mass is 10.2. The minimum atomic E-state index is -3.66. The second-order valence-corrected chi connectivity index (χ2v) is 5.96. The molecule has 7 heteroatoms. The van der Waals surface area contributed by atoms with Crippen LogP contribution in [0.5, 0.6) is 0 Å². The lowest BCUT2D eigenvalue weighted by Gasteiger charge is -2.24. The summed E-state index contributed by atoms with van der Waals surface area (Å²) in [5.41, 5.74) is 0. The highest BCUT2D eigenvalue weighted by atomic mass is 31.2. The van der Waals surface area contributed by atoms with E-state index in [-0.39, 0.29) is 19.8 Å².